The highest BCUT2D eigenvalue weighted by molar-refractivity contribution is 14.1. The van der Waals surface area contributed by atoms with Crippen molar-refractivity contribution < 1.29 is 19.5 Å². The number of hydrogen-bond acceptors (Lipinski definition) is 4. The molecule has 0 aliphatic carbocycles. The lowest BCUT2D eigenvalue weighted by Gasteiger charge is -2.12. The van der Waals surface area contributed by atoms with E-state index in [0.29, 0.717) is 5.56 Å². The molecule has 1 heterocycles. The van der Waals surface area contributed by atoms with Gasteiger partial charge in [0.05, 0.1) is 17.0 Å². The average molecular weight is 465 g/mol. The van der Waals surface area contributed by atoms with Crippen molar-refractivity contribution in [2.75, 3.05) is 0 Å². The van der Waals surface area contributed by atoms with Gasteiger partial charge in [-0.1, -0.05) is 30.3 Å². The van der Waals surface area contributed by atoms with E-state index >= 15 is 0 Å². The minimum atomic E-state index is -1.08. The number of hydrogen-bond donors (Lipinski definition) is 1. The summed E-state index contributed by atoms with van der Waals surface area (Å²) in [6.07, 6.45) is 1.46. The highest BCUT2D eigenvalue weighted by Crippen LogP contribution is 2.33. The van der Waals surface area contributed by atoms with Crippen molar-refractivity contribution in [3.05, 3.63) is 73.7 Å². The Hall–Kier alpha value is -2.13. The van der Waals surface area contributed by atoms with Gasteiger partial charge in [0, 0.05) is 3.57 Å². The number of halogens is 1. The van der Waals surface area contributed by atoms with E-state index in [9.17, 15) is 19.5 Å². The Morgan fingerprint density at radius 1 is 1.12 bits per heavy atom. The van der Waals surface area contributed by atoms with Crippen molar-refractivity contribution >= 4 is 57.5 Å². The van der Waals surface area contributed by atoms with E-state index in [2.05, 4.69) is 22.6 Å². The fourth-order valence-electron chi connectivity index (χ4n) is 2.37. The summed E-state index contributed by atoms with van der Waals surface area (Å²) < 4.78 is 1.07. The topological polar surface area (TPSA) is 74.7 Å². The van der Waals surface area contributed by atoms with E-state index in [1.165, 1.54) is 17.0 Å². The maximum absolute atomic E-state index is 12.5. The van der Waals surface area contributed by atoms with Crippen molar-refractivity contribution in [1.29, 1.82) is 0 Å². The van der Waals surface area contributed by atoms with E-state index in [4.69, 9.17) is 0 Å². The normalized spacial score (nSPS) is 15.9. The average Bonchev–Trinajstić information content (AvgIpc) is 2.84. The first kappa shape index (κ1) is 17.7. The number of carbonyl (C=O) groups excluding carboxylic acids is 2. The first-order chi connectivity index (χ1) is 12.0. The van der Waals surface area contributed by atoms with Crippen LogP contribution >= 0.6 is 34.4 Å². The molecule has 0 aromatic heterocycles. The van der Waals surface area contributed by atoms with Crippen LogP contribution in [0.3, 0.4) is 0 Å². The predicted octanol–water partition coefficient (Wildman–Crippen LogP) is 4.23. The minimum absolute atomic E-state index is 0.0898. The van der Waals surface area contributed by atoms with Crippen LogP contribution in [0, 0.1) is 3.57 Å². The molecule has 0 unspecified atom stereocenters. The van der Waals surface area contributed by atoms with Gasteiger partial charge in [-0.25, -0.2) is 4.79 Å². The number of amides is 2. The molecule has 1 fully saturated rings. The summed E-state index contributed by atoms with van der Waals surface area (Å²) in [5.41, 5.74) is 1.34. The largest absolute Gasteiger partial charge is 0.478 e. The second-order valence-corrected chi connectivity index (χ2v) is 7.53. The second kappa shape index (κ2) is 7.40. The van der Waals surface area contributed by atoms with Crippen LogP contribution in [0.25, 0.3) is 6.08 Å². The number of nitrogens with zero attached hydrogens (tertiary/aromatic N) is 1. The third-order valence-corrected chi connectivity index (χ3v) is 5.23. The van der Waals surface area contributed by atoms with Crippen LogP contribution in [0.5, 0.6) is 0 Å². The lowest BCUT2D eigenvalue weighted by Crippen LogP contribution is -2.27. The zero-order chi connectivity index (χ0) is 18.0. The van der Waals surface area contributed by atoms with Crippen molar-refractivity contribution in [2.24, 2.45) is 0 Å². The first-order valence-electron chi connectivity index (χ1n) is 7.28. The summed E-state index contributed by atoms with van der Waals surface area (Å²) in [6.45, 7) is 0.194. The van der Waals surface area contributed by atoms with Crippen LogP contribution in [0.15, 0.2) is 53.4 Å². The molecule has 0 atom stereocenters. The fourth-order valence-corrected chi connectivity index (χ4v) is 3.56. The van der Waals surface area contributed by atoms with Gasteiger partial charge in [0.1, 0.15) is 0 Å². The number of carboxylic acids is 1. The van der Waals surface area contributed by atoms with Gasteiger partial charge in [0.2, 0.25) is 0 Å². The maximum atomic E-state index is 12.5. The smallest absolute Gasteiger partial charge is 0.336 e. The molecular weight excluding hydrogens is 453 g/mol. The molecule has 126 valence electrons. The van der Waals surface area contributed by atoms with Gasteiger partial charge in [-0.15, -0.1) is 0 Å². The van der Waals surface area contributed by atoms with Gasteiger partial charge in [0.25, 0.3) is 11.1 Å². The number of benzene rings is 2. The molecule has 0 spiro atoms. The standard InChI is InChI=1S/C18H12INO4S/c19-13-7-5-11(6-8-13)10-20-16(21)15(25-18(20)24)9-12-3-1-2-4-14(12)17(22)23/h1-9H,10H2,(H,22,23)/b15-9-. The molecule has 7 heteroatoms. The molecule has 1 N–H and O–H groups in total. The molecule has 3 rings (SSSR count). The van der Waals surface area contributed by atoms with E-state index in [-0.39, 0.29) is 22.3 Å². The number of thioether (sulfide) groups is 1. The monoisotopic (exact) mass is 465 g/mol. The van der Waals surface area contributed by atoms with Crippen LogP contribution in [-0.2, 0) is 11.3 Å². The van der Waals surface area contributed by atoms with Gasteiger partial charge < -0.3 is 5.11 Å². The fraction of sp³-hybridized carbons (Fsp3) is 0.0556. The molecule has 0 bridgehead atoms. The van der Waals surface area contributed by atoms with Crippen LogP contribution in [0.4, 0.5) is 4.79 Å². The highest BCUT2D eigenvalue weighted by Gasteiger charge is 2.35. The molecule has 5 nitrogen and oxygen atoms in total. The van der Waals surface area contributed by atoms with Gasteiger partial charge in [-0.05, 0) is 69.8 Å². The molecule has 2 aromatic rings. The summed E-state index contributed by atoms with van der Waals surface area (Å²) in [7, 11) is 0. The number of rotatable bonds is 4. The third-order valence-electron chi connectivity index (χ3n) is 3.61. The summed E-state index contributed by atoms with van der Waals surface area (Å²) in [4.78, 5) is 37.4. The third kappa shape index (κ3) is 3.93. The van der Waals surface area contributed by atoms with E-state index in [1.807, 2.05) is 24.3 Å². The highest BCUT2D eigenvalue weighted by atomic mass is 127. The number of carboxylic acid groups (broad SMARTS) is 1. The molecule has 25 heavy (non-hydrogen) atoms. The first-order valence-corrected chi connectivity index (χ1v) is 9.17. The molecular formula is C18H12INO4S. The number of imide groups is 1. The van der Waals surface area contributed by atoms with Gasteiger partial charge in [-0.2, -0.15) is 0 Å². The molecule has 2 amide bonds. The number of aromatic carboxylic acids is 1. The molecule has 1 aliphatic rings. The van der Waals surface area contributed by atoms with E-state index in [0.717, 1.165) is 20.9 Å². The Bertz CT molecular complexity index is 892. The Kier molecular flexibility index (Phi) is 5.24. The Morgan fingerprint density at radius 3 is 2.48 bits per heavy atom. The molecule has 0 radical (unpaired) electrons. The van der Waals surface area contributed by atoms with Gasteiger partial charge >= 0.3 is 5.97 Å². The van der Waals surface area contributed by atoms with Crippen LogP contribution < -0.4 is 0 Å². The zero-order valence-electron chi connectivity index (χ0n) is 12.8. The Labute approximate surface area is 161 Å². The Balaban J connectivity index is 1.86. The molecule has 2 aromatic carbocycles. The van der Waals surface area contributed by atoms with E-state index < -0.39 is 11.9 Å². The van der Waals surface area contributed by atoms with Crippen LogP contribution in [0.1, 0.15) is 21.5 Å². The van der Waals surface area contributed by atoms with Crippen molar-refractivity contribution in [1.82, 2.24) is 4.90 Å². The maximum Gasteiger partial charge on any atom is 0.336 e. The summed E-state index contributed by atoms with van der Waals surface area (Å²) in [5, 5.41) is 8.87. The van der Waals surface area contributed by atoms with E-state index in [1.54, 1.807) is 18.2 Å². The number of carbonyl (C=O) groups is 3. The lowest BCUT2D eigenvalue weighted by atomic mass is 10.1. The lowest BCUT2D eigenvalue weighted by molar-refractivity contribution is -0.123. The second-order valence-electron chi connectivity index (χ2n) is 5.29. The minimum Gasteiger partial charge on any atom is -0.478 e. The van der Waals surface area contributed by atoms with Crippen LogP contribution in [-0.4, -0.2) is 27.1 Å². The summed E-state index contributed by atoms with van der Waals surface area (Å²) >= 11 is 3.01. The summed E-state index contributed by atoms with van der Waals surface area (Å²) in [6, 6.07) is 13.9. The quantitative estimate of drug-likeness (QED) is 0.541. The zero-order valence-corrected chi connectivity index (χ0v) is 15.8. The van der Waals surface area contributed by atoms with Crippen LogP contribution in [0.2, 0.25) is 0 Å². The van der Waals surface area contributed by atoms with Crippen molar-refractivity contribution in [2.45, 2.75) is 6.54 Å². The SMILES string of the molecule is O=C(O)c1ccccc1/C=C1\SC(=O)N(Cc2ccc(I)cc2)C1=O. The van der Waals surface area contributed by atoms with Crippen molar-refractivity contribution in [3.8, 4) is 0 Å². The molecule has 1 saturated heterocycles. The molecule has 0 saturated carbocycles. The van der Waals surface area contributed by atoms with Gasteiger partial charge in [-0.3, -0.25) is 14.5 Å². The summed E-state index contributed by atoms with van der Waals surface area (Å²) in [5.74, 6) is -1.49. The van der Waals surface area contributed by atoms with Crippen molar-refractivity contribution in [3.63, 3.8) is 0 Å². The van der Waals surface area contributed by atoms with Gasteiger partial charge in [0.15, 0.2) is 0 Å². The Morgan fingerprint density at radius 2 is 1.80 bits per heavy atom. The molecule has 1 aliphatic heterocycles. The predicted molar refractivity (Wildman–Crippen MR) is 104 cm³/mol.